The molecule has 0 spiro atoms. The number of Topliss-reactive ketones (excluding diaryl/α,β-unsaturated/α-hetero) is 2. The molecule has 1 fully saturated rings. The van der Waals surface area contributed by atoms with Crippen molar-refractivity contribution in [3.05, 3.63) is 29.3 Å². The van der Waals surface area contributed by atoms with Crippen LogP contribution in [0.4, 0.5) is 0 Å². The maximum Gasteiger partial charge on any atom is 0.230 e. The van der Waals surface area contributed by atoms with Crippen LogP contribution in [0.1, 0.15) is 60.7 Å². The lowest BCUT2D eigenvalue weighted by Crippen LogP contribution is -2.41. The van der Waals surface area contributed by atoms with Crippen molar-refractivity contribution < 1.29 is 23.9 Å². The third-order valence-corrected chi connectivity index (χ3v) is 3.68. The minimum absolute atomic E-state index is 0.0352. The van der Waals surface area contributed by atoms with Crippen molar-refractivity contribution in [3.8, 4) is 5.75 Å². The molecule has 2 amide bonds. The number of nitrogens with one attached hydrogen (secondary N) is 1. The van der Waals surface area contributed by atoms with Gasteiger partial charge >= 0.3 is 0 Å². The maximum atomic E-state index is 12.5. The molecule has 1 aliphatic heterocycles. The number of imide groups is 1. The minimum Gasteiger partial charge on any atom is -0.496 e. The second-order valence-corrected chi connectivity index (χ2v) is 5.21. The van der Waals surface area contributed by atoms with E-state index in [1.165, 1.54) is 14.0 Å². The summed E-state index contributed by atoms with van der Waals surface area (Å²) in [4.78, 5) is 47.1. The van der Waals surface area contributed by atoms with E-state index in [-0.39, 0.29) is 41.4 Å². The molecule has 1 saturated heterocycles. The van der Waals surface area contributed by atoms with E-state index in [1.54, 1.807) is 18.2 Å². The monoisotopic (exact) mass is 333 g/mol. The van der Waals surface area contributed by atoms with E-state index in [1.807, 2.05) is 13.8 Å². The number of carbonyl (C=O) groups is 4. The zero-order valence-corrected chi connectivity index (χ0v) is 14.5. The summed E-state index contributed by atoms with van der Waals surface area (Å²) >= 11 is 0. The Morgan fingerprint density at radius 1 is 1.25 bits per heavy atom. The number of carbonyl (C=O) groups excluding carboxylic acids is 4. The van der Waals surface area contributed by atoms with Crippen molar-refractivity contribution in [2.45, 2.75) is 40.0 Å². The zero-order chi connectivity index (χ0) is 18.3. The normalized spacial score (nSPS) is 16.6. The van der Waals surface area contributed by atoms with Gasteiger partial charge in [0, 0.05) is 24.3 Å². The lowest BCUT2D eigenvalue weighted by Gasteiger charge is -2.20. The van der Waals surface area contributed by atoms with E-state index in [2.05, 4.69) is 5.32 Å². The molecule has 1 aromatic carbocycles. The van der Waals surface area contributed by atoms with Gasteiger partial charge in [-0.25, -0.2) is 0 Å². The van der Waals surface area contributed by atoms with Crippen LogP contribution in [0.2, 0.25) is 0 Å². The molecular formula is C18H23NO5. The molecule has 24 heavy (non-hydrogen) atoms. The predicted molar refractivity (Wildman–Crippen MR) is 89.2 cm³/mol. The Hall–Kier alpha value is -2.50. The fourth-order valence-electron chi connectivity index (χ4n) is 2.56. The average Bonchev–Trinajstić information content (AvgIpc) is 2.58. The van der Waals surface area contributed by atoms with Gasteiger partial charge in [0.25, 0.3) is 0 Å². The molecule has 1 unspecified atom stereocenters. The molecule has 0 radical (unpaired) electrons. The standard InChI is InChI=1S/C16H17NO5.C2H6/c1-9(18)15-11(4-3-5-13(15)22-2)12(19)8-10-6-7-14(20)17-16(10)21;1-2/h3-5,10H,6-8H2,1-2H3,(H,17,20,21);1-2H3. The van der Waals surface area contributed by atoms with Gasteiger partial charge in [-0.15, -0.1) is 0 Å². The summed E-state index contributed by atoms with van der Waals surface area (Å²) in [5.41, 5.74) is 0.471. The van der Waals surface area contributed by atoms with Gasteiger partial charge in [0.2, 0.25) is 11.8 Å². The van der Waals surface area contributed by atoms with Crippen LogP contribution < -0.4 is 10.1 Å². The number of rotatable bonds is 5. The second-order valence-electron chi connectivity index (χ2n) is 5.21. The van der Waals surface area contributed by atoms with Crippen molar-refractivity contribution in [3.63, 3.8) is 0 Å². The number of piperidine rings is 1. The van der Waals surface area contributed by atoms with E-state index in [0.717, 1.165) is 0 Å². The van der Waals surface area contributed by atoms with Gasteiger partial charge in [0.05, 0.1) is 12.7 Å². The van der Waals surface area contributed by atoms with Gasteiger partial charge in [0.1, 0.15) is 5.75 Å². The quantitative estimate of drug-likeness (QED) is 0.660. The largest absolute Gasteiger partial charge is 0.496 e. The molecule has 1 atom stereocenters. The molecule has 0 bridgehead atoms. The third-order valence-electron chi connectivity index (χ3n) is 3.68. The first-order valence-corrected chi connectivity index (χ1v) is 7.99. The molecule has 1 aromatic rings. The summed E-state index contributed by atoms with van der Waals surface area (Å²) in [5.74, 6) is -1.54. The van der Waals surface area contributed by atoms with Crippen molar-refractivity contribution in [1.82, 2.24) is 5.32 Å². The first kappa shape index (κ1) is 19.5. The highest BCUT2D eigenvalue weighted by Crippen LogP contribution is 2.26. The number of hydrogen-bond donors (Lipinski definition) is 1. The average molecular weight is 333 g/mol. The summed E-state index contributed by atoms with van der Waals surface area (Å²) in [5, 5.41) is 2.22. The van der Waals surface area contributed by atoms with Crippen LogP contribution in [-0.4, -0.2) is 30.5 Å². The lowest BCUT2D eigenvalue weighted by atomic mass is 9.89. The summed E-state index contributed by atoms with van der Waals surface area (Å²) in [6, 6.07) is 4.79. The number of methoxy groups -OCH3 is 1. The molecule has 6 heteroatoms. The van der Waals surface area contributed by atoms with Gasteiger partial charge < -0.3 is 4.74 Å². The van der Waals surface area contributed by atoms with Crippen LogP contribution >= 0.6 is 0 Å². The van der Waals surface area contributed by atoms with Crippen molar-refractivity contribution in [2.24, 2.45) is 5.92 Å². The van der Waals surface area contributed by atoms with Gasteiger partial charge in [-0.1, -0.05) is 26.0 Å². The number of benzene rings is 1. The minimum atomic E-state index is -0.545. The maximum absolute atomic E-state index is 12.5. The van der Waals surface area contributed by atoms with Crippen LogP contribution in [0.25, 0.3) is 0 Å². The van der Waals surface area contributed by atoms with Gasteiger partial charge in [-0.2, -0.15) is 0 Å². The Kier molecular flexibility index (Phi) is 7.30. The highest BCUT2D eigenvalue weighted by Gasteiger charge is 2.30. The molecule has 1 aliphatic rings. The Morgan fingerprint density at radius 3 is 2.46 bits per heavy atom. The molecule has 6 nitrogen and oxygen atoms in total. The molecule has 2 rings (SSSR count). The molecule has 0 aromatic heterocycles. The second kappa shape index (κ2) is 8.96. The Labute approximate surface area is 141 Å². The SMILES string of the molecule is CC.COc1cccc(C(=O)CC2CCC(=O)NC2=O)c1C(C)=O. The predicted octanol–water partition coefficient (Wildman–Crippen LogP) is 2.55. The fourth-order valence-corrected chi connectivity index (χ4v) is 2.56. The van der Waals surface area contributed by atoms with Crippen molar-refractivity contribution >= 4 is 23.4 Å². The molecular weight excluding hydrogens is 310 g/mol. The van der Waals surface area contributed by atoms with Crippen LogP contribution in [0.5, 0.6) is 5.75 Å². The Balaban J connectivity index is 0.00000139. The van der Waals surface area contributed by atoms with E-state index in [0.29, 0.717) is 12.2 Å². The lowest BCUT2D eigenvalue weighted by molar-refractivity contribution is -0.136. The van der Waals surface area contributed by atoms with E-state index < -0.39 is 11.8 Å². The summed E-state index contributed by atoms with van der Waals surface area (Å²) in [6.45, 7) is 5.36. The molecule has 0 saturated carbocycles. The van der Waals surface area contributed by atoms with E-state index in [4.69, 9.17) is 4.74 Å². The van der Waals surface area contributed by atoms with Gasteiger partial charge in [-0.3, -0.25) is 24.5 Å². The summed E-state index contributed by atoms with van der Waals surface area (Å²) in [6.07, 6.45) is 0.531. The summed E-state index contributed by atoms with van der Waals surface area (Å²) < 4.78 is 5.13. The van der Waals surface area contributed by atoms with Crippen LogP contribution in [-0.2, 0) is 9.59 Å². The number of amides is 2. The van der Waals surface area contributed by atoms with Crippen molar-refractivity contribution in [2.75, 3.05) is 7.11 Å². The van der Waals surface area contributed by atoms with Crippen LogP contribution in [0.15, 0.2) is 18.2 Å². The first-order valence-electron chi connectivity index (χ1n) is 7.99. The zero-order valence-electron chi connectivity index (χ0n) is 14.5. The first-order chi connectivity index (χ1) is 11.4. The van der Waals surface area contributed by atoms with Crippen molar-refractivity contribution in [1.29, 1.82) is 0 Å². The van der Waals surface area contributed by atoms with Gasteiger partial charge in [0.15, 0.2) is 11.6 Å². The van der Waals surface area contributed by atoms with Crippen LogP contribution in [0, 0.1) is 5.92 Å². The molecule has 0 aliphatic carbocycles. The van der Waals surface area contributed by atoms with E-state index in [9.17, 15) is 19.2 Å². The number of ketones is 2. The molecule has 1 N–H and O–H groups in total. The van der Waals surface area contributed by atoms with E-state index >= 15 is 0 Å². The smallest absolute Gasteiger partial charge is 0.230 e. The highest BCUT2D eigenvalue weighted by atomic mass is 16.5. The number of ether oxygens (including phenoxy) is 1. The fraction of sp³-hybridized carbons (Fsp3) is 0.444. The molecule has 130 valence electrons. The topological polar surface area (TPSA) is 89.5 Å². The Bertz CT molecular complexity index is 651. The summed E-state index contributed by atoms with van der Waals surface area (Å²) in [7, 11) is 1.43. The Morgan fingerprint density at radius 2 is 1.92 bits per heavy atom. The van der Waals surface area contributed by atoms with Crippen LogP contribution in [0.3, 0.4) is 0 Å². The highest BCUT2D eigenvalue weighted by molar-refractivity contribution is 6.11. The third kappa shape index (κ3) is 4.50. The molecule has 1 heterocycles. The van der Waals surface area contributed by atoms with Gasteiger partial charge in [-0.05, 0) is 19.4 Å². The number of hydrogen-bond acceptors (Lipinski definition) is 5.